The molecule has 0 aliphatic rings. The fourth-order valence-electron chi connectivity index (χ4n) is 2.56. The first-order chi connectivity index (χ1) is 12.3. The molecule has 1 amide bonds. The zero-order valence-corrected chi connectivity index (χ0v) is 13.4. The zero-order valence-electron chi connectivity index (χ0n) is 13.4. The van der Waals surface area contributed by atoms with Crippen LogP contribution in [0.1, 0.15) is 16.2 Å². The van der Waals surface area contributed by atoms with Crippen molar-refractivity contribution in [3.05, 3.63) is 78.5 Å². The maximum Gasteiger partial charge on any atom is 0.273 e. The number of fused-ring (bicyclic) bond motifs is 1. The number of aromatic nitrogens is 5. The summed E-state index contributed by atoms with van der Waals surface area (Å²) in [6.07, 6.45) is 6.03. The first kappa shape index (κ1) is 15.1. The van der Waals surface area contributed by atoms with Crippen LogP contribution in [-0.4, -0.2) is 36.8 Å². The molecule has 1 aromatic carbocycles. The van der Waals surface area contributed by atoms with E-state index < -0.39 is 0 Å². The first-order valence-corrected chi connectivity index (χ1v) is 7.98. The molecule has 0 saturated carbocycles. The fourth-order valence-corrected chi connectivity index (χ4v) is 2.56. The summed E-state index contributed by atoms with van der Waals surface area (Å²) in [5.74, 6) is -0.244. The average molecular weight is 332 g/mol. The molecular weight excluding hydrogens is 316 g/mol. The molecule has 0 unspecified atom stereocenters. The highest BCUT2D eigenvalue weighted by molar-refractivity contribution is 5.91. The van der Waals surface area contributed by atoms with Gasteiger partial charge in [0.15, 0.2) is 5.69 Å². The number of hydrogen-bond acceptors (Lipinski definition) is 4. The topological polar surface area (TPSA) is 77.1 Å². The van der Waals surface area contributed by atoms with E-state index in [2.05, 4.69) is 20.5 Å². The second kappa shape index (κ2) is 6.56. The Balaban J connectivity index is 1.37. The van der Waals surface area contributed by atoms with Gasteiger partial charge in [-0.1, -0.05) is 24.3 Å². The van der Waals surface area contributed by atoms with E-state index in [4.69, 9.17) is 0 Å². The van der Waals surface area contributed by atoms with Crippen LogP contribution in [0.4, 0.5) is 0 Å². The van der Waals surface area contributed by atoms with Crippen molar-refractivity contribution in [1.82, 2.24) is 29.7 Å². The van der Waals surface area contributed by atoms with Crippen LogP contribution < -0.4 is 5.32 Å². The lowest BCUT2D eigenvalue weighted by molar-refractivity contribution is 0.0948. The lowest BCUT2D eigenvalue weighted by Gasteiger charge is -2.01. The molecule has 4 rings (SSSR count). The predicted molar refractivity (Wildman–Crippen MR) is 92.6 cm³/mol. The number of pyridine rings is 1. The molecule has 0 spiro atoms. The fraction of sp³-hybridized carbons (Fsp3) is 0.111. The summed E-state index contributed by atoms with van der Waals surface area (Å²) in [5.41, 5.74) is 2.93. The van der Waals surface area contributed by atoms with E-state index >= 15 is 0 Å². The van der Waals surface area contributed by atoms with Gasteiger partial charge < -0.3 is 9.72 Å². The van der Waals surface area contributed by atoms with Crippen molar-refractivity contribution in [3.63, 3.8) is 0 Å². The number of nitrogens with one attached hydrogen (secondary N) is 1. The molecule has 1 N–H and O–H groups in total. The van der Waals surface area contributed by atoms with Gasteiger partial charge in [0, 0.05) is 25.4 Å². The van der Waals surface area contributed by atoms with Gasteiger partial charge in [-0.15, -0.1) is 5.10 Å². The van der Waals surface area contributed by atoms with Crippen LogP contribution in [0, 0.1) is 0 Å². The molecule has 0 atom stereocenters. The van der Waals surface area contributed by atoms with Crippen LogP contribution >= 0.6 is 0 Å². The summed E-state index contributed by atoms with van der Waals surface area (Å²) in [6.45, 7) is 0.487. The number of imidazole rings is 1. The van der Waals surface area contributed by atoms with Crippen LogP contribution in [0.2, 0.25) is 0 Å². The van der Waals surface area contributed by atoms with Crippen molar-refractivity contribution in [2.75, 3.05) is 6.54 Å². The van der Waals surface area contributed by atoms with E-state index in [1.807, 2.05) is 65.3 Å². The molecule has 3 heterocycles. The summed E-state index contributed by atoms with van der Waals surface area (Å²) in [7, 11) is 0. The highest BCUT2D eigenvalue weighted by Crippen LogP contribution is 2.06. The van der Waals surface area contributed by atoms with Crippen molar-refractivity contribution in [1.29, 1.82) is 0 Å². The third-order valence-electron chi connectivity index (χ3n) is 3.79. The Morgan fingerprint density at radius 2 is 1.92 bits per heavy atom. The molecule has 25 heavy (non-hydrogen) atoms. The second-order valence-corrected chi connectivity index (χ2v) is 5.56. The standard InChI is InChI=1S/C18H16N6O/c25-18(16-12-20-24(22-16)15-6-2-1-3-7-15)19-10-9-14-13-23-11-5-4-8-17(23)21-14/h1-8,11-13H,9-10H2,(H,19,25). The van der Waals surface area contributed by atoms with Crippen LogP contribution in [0.3, 0.4) is 0 Å². The Morgan fingerprint density at radius 1 is 1.08 bits per heavy atom. The minimum atomic E-state index is -0.244. The number of carbonyl (C=O) groups is 1. The smallest absolute Gasteiger partial charge is 0.273 e. The minimum Gasteiger partial charge on any atom is -0.350 e. The molecule has 0 radical (unpaired) electrons. The SMILES string of the molecule is O=C(NCCc1cn2ccccc2n1)c1cnn(-c2ccccc2)n1. The molecule has 7 nitrogen and oxygen atoms in total. The van der Waals surface area contributed by atoms with E-state index in [9.17, 15) is 4.79 Å². The van der Waals surface area contributed by atoms with Crippen LogP contribution in [0.5, 0.6) is 0 Å². The summed E-state index contributed by atoms with van der Waals surface area (Å²) in [5, 5.41) is 11.2. The van der Waals surface area contributed by atoms with Gasteiger partial charge in [-0.3, -0.25) is 4.79 Å². The number of hydrogen-bond donors (Lipinski definition) is 1. The first-order valence-electron chi connectivity index (χ1n) is 7.98. The molecule has 4 aromatic rings. The van der Waals surface area contributed by atoms with E-state index in [1.165, 1.54) is 11.0 Å². The summed E-state index contributed by atoms with van der Waals surface area (Å²) in [6, 6.07) is 15.3. The van der Waals surface area contributed by atoms with Gasteiger partial charge in [0.25, 0.3) is 5.91 Å². The van der Waals surface area contributed by atoms with Crippen molar-refractivity contribution in [3.8, 4) is 5.69 Å². The quantitative estimate of drug-likeness (QED) is 0.605. The molecule has 7 heteroatoms. The van der Waals surface area contributed by atoms with Crippen molar-refractivity contribution < 1.29 is 4.79 Å². The maximum atomic E-state index is 12.2. The van der Waals surface area contributed by atoms with Gasteiger partial charge in [-0.2, -0.15) is 9.90 Å². The van der Waals surface area contributed by atoms with E-state index in [0.717, 1.165) is 17.0 Å². The van der Waals surface area contributed by atoms with Crippen LogP contribution in [0.25, 0.3) is 11.3 Å². The normalized spacial score (nSPS) is 10.9. The monoisotopic (exact) mass is 332 g/mol. The molecule has 0 aliphatic carbocycles. The molecular formula is C18H16N6O. The van der Waals surface area contributed by atoms with Crippen LogP contribution in [-0.2, 0) is 6.42 Å². The van der Waals surface area contributed by atoms with E-state index in [1.54, 1.807) is 0 Å². The summed E-state index contributed by atoms with van der Waals surface area (Å²) < 4.78 is 1.96. The average Bonchev–Trinajstić information content (AvgIpc) is 3.29. The Morgan fingerprint density at radius 3 is 2.76 bits per heavy atom. The highest BCUT2D eigenvalue weighted by atomic mass is 16.2. The number of nitrogens with zero attached hydrogens (tertiary/aromatic N) is 5. The van der Waals surface area contributed by atoms with Crippen molar-refractivity contribution >= 4 is 11.6 Å². The molecule has 0 saturated heterocycles. The van der Waals surface area contributed by atoms with Gasteiger partial charge >= 0.3 is 0 Å². The Labute approximate surface area is 143 Å². The predicted octanol–water partition coefficient (Wildman–Crippen LogP) is 1.89. The zero-order chi connectivity index (χ0) is 17.1. The minimum absolute atomic E-state index is 0.244. The van der Waals surface area contributed by atoms with Crippen LogP contribution in [0.15, 0.2) is 67.1 Å². The molecule has 124 valence electrons. The summed E-state index contributed by atoms with van der Waals surface area (Å²) >= 11 is 0. The number of carbonyl (C=O) groups excluding carboxylic acids is 1. The van der Waals surface area contributed by atoms with Crippen molar-refractivity contribution in [2.45, 2.75) is 6.42 Å². The van der Waals surface area contributed by atoms with Gasteiger partial charge in [-0.25, -0.2) is 4.98 Å². The molecule has 0 fully saturated rings. The lowest BCUT2D eigenvalue weighted by Crippen LogP contribution is -2.26. The third-order valence-corrected chi connectivity index (χ3v) is 3.79. The third kappa shape index (κ3) is 3.25. The van der Waals surface area contributed by atoms with Gasteiger partial charge in [0.2, 0.25) is 0 Å². The lowest BCUT2D eigenvalue weighted by atomic mass is 10.3. The van der Waals surface area contributed by atoms with Gasteiger partial charge in [-0.05, 0) is 24.3 Å². The van der Waals surface area contributed by atoms with Crippen molar-refractivity contribution in [2.24, 2.45) is 0 Å². The largest absolute Gasteiger partial charge is 0.350 e. The Kier molecular flexibility index (Phi) is 3.96. The number of rotatable bonds is 5. The number of para-hydroxylation sites is 1. The van der Waals surface area contributed by atoms with Gasteiger partial charge in [0.1, 0.15) is 5.65 Å². The number of amides is 1. The number of benzene rings is 1. The highest BCUT2D eigenvalue weighted by Gasteiger charge is 2.11. The van der Waals surface area contributed by atoms with Gasteiger partial charge in [0.05, 0.1) is 17.6 Å². The van der Waals surface area contributed by atoms with E-state index in [0.29, 0.717) is 18.7 Å². The second-order valence-electron chi connectivity index (χ2n) is 5.56. The molecule has 0 bridgehead atoms. The maximum absolute atomic E-state index is 12.2. The Hall–Kier alpha value is -3.48. The molecule has 0 aliphatic heterocycles. The Bertz CT molecular complexity index is 972. The summed E-state index contributed by atoms with van der Waals surface area (Å²) in [4.78, 5) is 18.1. The van der Waals surface area contributed by atoms with E-state index in [-0.39, 0.29) is 5.91 Å². The molecule has 3 aromatic heterocycles.